The van der Waals surface area contributed by atoms with Crippen LogP contribution in [0.1, 0.15) is 31.3 Å². The van der Waals surface area contributed by atoms with Gasteiger partial charge in [-0.3, -0.25) is 9.00 Å². The van der Waals surface area contributed by atoms with E-state index in [-0.39, 0.29) is 22.8 Å². The Labute approximate surface area is 107 Å². The Morgan fingerprint density at radius 2 is 1.94 bits per heavy atom. The predicted octanol–water partition coefficient (Wildman–Crippen LogP) is 0.998. The van der Waals surface area contributed by atoms with E-state index >= 15 is 0 Å². The standard InChI is InChI=1S/C11H15NO5S/c1-6(2)12-10(13)7(3)18(16)9-5-4-8(17-9)11(14)15/h4-7H,1-3H3,(H,12,13)(H,14,15). The molecule has 0 aromatic carbocycles. The number of hydrogen-bond acceptors (Lipinski definition) is 4. The predicted molar refractivity (Wildman–Crippen MR) is 64.8 cm³/mol. The average Bonchev–Trinajstić information content (AvgIpc) is 2.75. The number of carboxylic acid groups (broad SMARTS) is 1. The summed E-state index contributed by atoms with van der Waals surface area (Å²) < 4.78 is 16.9. The largest absolute Gasteiger partial charge is 0.475 e. The lowest BCUT2D eigenvalue weighted by Gasteiger charge is -2.12. The summed E-state index contributed by atoms with van der Waals surface area (Å²) >= 11 is 0. The van der Waals surface area contributed by atoms with Crippen molar-refractivity contribution in [3.63, 3.8) is 0 Å². The van der Waals surface area contributed by atoms with Crippen LogP contribution in [0.15, 0.2) is 21.6 Å². The first kappa shape index (κ1) is 14.4. The number of carbonyl (C=O) groups excluding carboxylic acids is 1. The maximum atomic E-state index is 12.0. The molecule has 18 heavy (non-hydrogen) atoms. The molecule has 2 atom stereocenters. The third-order valence-corrected chi connectivity index (χ3v) is 3.58. The van der Waals surface area contributed by atoms with Crippen molar-refractivity contribution in [3.05, 3.63) is 17.9 Å². The maximum absolute atomic E-state index is 12.0. The van der Waals surface area contributed by atoms with Crippen molar-refractivity contribution in [2.75, 3.05) is 0 Å². The Bertz CT molecular complexity index is 480. The number of aromatic carboxylic acids is 1. The molecule has 100 valence electrons. The highest BCUT2D eigenvalue weighted by atomic mass is 32.2. The molecule has 0 fully saturated rings. The van der Waals surface area contributed by atoms with Gasteiger partial charge >= 0.3 is 5.97 Å². The van der Waals surface area contributed by atoms with Crippen LogP contribution in [0.3, 0.4) is 0 Å². The zero-order valence-corrected chi connectivity index (χ0v) is 11.1. The van der Waals surface area contributed by atoms with Crippen molar-refractivity contribution in [1.29, 1.82) is 0 Å². The summed E-state index contributed by atoms with van der Waals surface area (Å²) in [6.45, 7) is 5.09. The summed E-state index contributed by atoms with van der Waals surface area (Å²) in [5.74, 6) is -1.90. The van der Waals surface area contributed by atoms with E-state index in [1.165, 1.54) is 19.1 Å². The minimum atomic E-state index is -1.71. The number of furan rings is 1. The molecule has 0 radical (unpaired) electrons. The Balaban J connectivity index is 2.79. The van der Waals surface area contributed by atoms with E-state index in [1.54, 1.807) is 13.8 Å². The quantitative estimate of drug-likeness (QED) is 0.834. The summed E-state index contributed by atoms with van der Waals surface area (Å²) in [6, 6.07) is 2.46. The van der Waals surface area contributed by atoms with E-state index < -0.39 is 22.0 Å². The second-order valence-corrected chi connectivity index (χ2v) is 5.73. The zero-order valence-electron chi connectivity index (χ0n) is 10.3. The highest BCUT2D eigenvalue weighted by Gasteiger charge is 2.25. The molecule has 1 heterocycles. The molecule has 0 aliphatic heterocycles. The molecule has 7 heteroatoms. The second kappa shape index (κ2) is 5.81. The van der Waals surface area contributed by atoms with Crippen molar-refractivity contribution in [1.82, 2.24) is 5.32 Å². The van der Waals surface area contributed by atoms with Crippen LogP contribution >= 0.6 is 0 Å². The van der Waals surface area contributed by atoms with Gasteiger partial charge in [0, 0.05) is 6.04 Å². The Hall–Kier alpha value is -1.63. The molecule has 1 rings (SSSR count). The minimum absolute atomic E-state index is 0.0150. The molecule has 0 bridgehead atoms. The molecule has 0 spiro atoms. The van der Waals surface area contributed by atoms with Gasteiger partial charge in [0.05, 0.1) is 0 Å². The first-order chi connectivity index (χ1) is 8.32. The fourth-order valence-electron chi connectivity index (χ4n) is 1.22. The lowest BCUT2D eigenvalue weighted by Crippen LogP contribution is -2.39. The molecule has 1 aromatic heterocycles. The van der Waals surface area contributed by atoms with E-state index in [9.17, 15) is 13.8 Å². The SMILES string of the molecule is CC(C)NC(=O)C(C)S(=O)c1ccc(C(=O)O)o1. The molecule has 6 nitrogen and oxygen atoms in total. The third kappa shape index (κ3) is 3.43. The van der Waals surface area contributed by atoms with Crippen molar-refractivity contribution in [3.8, 4) is 0 Å². The van der Waals surface area contributed by atoms with E-state index in [0.717, 1.165) is 0 Å². The molecule has 0 aliphatic carbocycles. The molecule has 1 amide bonds. The van der Waals surface area contributed by atoms with E-state index in [2.05, 4.69) is 5.32 Å². The molecule has 1 aromatic rings. The van der Waals surface area contributed by atoms with Crippen LogP contribution in [0.2, 0.25) is 0 Å². The summed E-state index contributed by atoms with van der Waals surface area (Å²) in [4.78, 5) is 22.3. The normalized spacial score (nSPS) is 14.2. The lowest BCUT2D eigenvalue weighted by molar-refractivity contribution is -0.120. The lowest BCUT2D eigenvalue weighted by atomic mass is 10.3. The third-order valence-electron chi connectivity index (χ3n) is 2.11. The molecule has 0 aliphatic rings. The monoisotopic (exact) mass is 273 g/mol. The Morgan fingerprint density at radius 1 is 1.33 bits per heavy atom. The second-order valence-electron chi connectivity index (χ2n) is 4.03. The molecule has 2 N–H and O–H groups in total. The smallest absolute Gasteiger partial charge is 0.371 e. The van der Waals surface area contributed by atoms with Gasteiger partial charge in [0.1, 0.15) is 16.0 Å². The highest BCUT2D eigenvalue weighted by Crippen LogP contribution is 2.15. The van der Waals surface area contributed by atoms with E-state index in [0.29, 0.717) is 0 Å². The van der Waals surface area contributed by atoms with E-state index in [4.69, 9.17) is 9.52 Å². The van der Waals surface area contributed by atoms with Crippen molar-refractivity contribution >= 4 is 22.7 Å². The van der Waals surface area contributed by atoms with Gasteiger partial charge in [-0.15, -0.1) is 0 Å². The van der Waals surface area contributed by atoms with Gasteiger partial charge in [-0.1, -0.05) is 0 Å². The van der Waals surface area contributed by atoms with Gasteiger partial charge in [-0.05, 0) is 32.9 Å². The summed E-state index contributed by atoms with van der Waals surface area (Å²) in [5, 5.41) is 10.5. The Kier molecular flexibility index (Phi) is 4.66. The summed E-state index contributed by atoms with van der Waals surface area (Å²) in [5.41, 5.74) is 0. The molecule has 2 unspecified atom stereocenters. The van der Waals surface area contributed by atoms with E-state index in [1.807, 2.05) is 0 Å². The number of hydrogen-bond donors (Lipinski definition) is 2. The molecular formula is C11H15NO5S. The fraction of sp³-hybridized carbons (Fsp3) is 0.455. The van der Waals surface area contributed by atoms with Crippen LogP contribution in [0.5, 0.6) is 0 Å². The van der Waals surface area contributed by atoms with Crippen LogP contribution in [-0.4, -0.2) is 32.5 Å². The first-order valence-electron chi connectivity index (χ1n) is 5.37. The van der Waals surface area contributed by atoms with Crippen LogP contribution in [0.4, 0.5) is 0 Å². The minimum Gasteiger partial charge on any atom is -0.475 e. The molecule has 0 saturated carbocycles. The first-order valence-corrected chi connectivity index (χ1v) is 6.58. The topological polar surface area (TPSA) is 96.6 Å². The van der Waals surface area contributed by atoms with Gasteiger partial charge in [0.2, 0.25) is 11.7 Å². The van der Waals surface area contributed by atoms with Crippen molar-refractivity contribution in [2.45, 2.75) is 37.2 Å². The molecular weight excluding hydrogens is 258 g/mol. The number of rotatable bonds is 5. The van der Waals surface area contributed by atoms with Crippen LogP contribution in [-0.2, 0) is 15.6 Å². The van der Waals surface area contributed by atoms with Gasteiger partial charge in [-0.2, -0.15) is 0 Å². The Morgan fingerprint density at radius 3 is 2.39 bits per heavy atom. The zero-order chi connectivity index (χ0) is 13.9. The average molecular weight is 273 g/mol. The number of carboxylic acids is 1. The summed E-state index contributed by atoms with van der Waals surface area (Å²) in [6.07, 6.45) is 0. The highest BCUT2D eigenvalue weighted by molar-refractivity contribution is 7.86. The van der Waals surface area contributed by atoms with Crippen LogP contribution < -0.4 is 5.32 Å². The van der Waals surface area contributed by atoms with Gasteiger partial charge in [-0.25, -0.2) is 4.79 Å². The maximum Gasteiger partial charge on any atom is 0.371 e. The fourth-order valence-corrected chi connectivity index (χ4v) is 2.20. The number of carbonyl (C=O) groups is 2. The number of amides is 1. The number of nitrogens with one attached hydrogen (secondary N) is 1. The van der Waals surface area contributed by atoms with Crippen molar-refractivity contribution in [2.24, 2.45) is 0 Å². The summed E-state index contributed by atoms with van der Waals surface area (Å²) in [7, 11) is -1.71. The van der Waals surface area contributed by atoms with Crippen LogP contribution in [0.25, 0.3) is 0 Å². The van der Waals surface area contributed by atoms with Gasteiger partial charge in [0.15, 0.2) is 5.09 Å². The molecule has 0 saturated heterocycles. The van der Waals surface area contributed by atoms with Crippen LogP contribution in [0, 0.1) is 0 Å². The van der Waals surface area contributed by atoms with Crippen molar-refractivity contribution < 1.29 is 23.3 Å². The van der Waals surface area contributed by atoms with Gasteiger partial charge in [0.25, 0.3) is 0 Å². The van der Waals surface area contributed by atoms with Gasteiger partial charge < -0.3 is 14.8 Å².